The van der Waals surface area contributed by atoms with Crippen molar-refractivity contribution in [1.82, 2.24) is 10.1 Å². The normalized spacial score (nSPS) is 10.4. The van der Waals surface area contributed by atoms with Crippen LogP contribution in [-0.2, 0) is 11.2 Å². The van der Waals surface area contributed by atoms with Crippen molar-refractivity contribution < 1.29 is 9.32 Å². The summed E-state index contributed by atoms with van der Waals surface area (Å²) in [6.07, 6.45) is 0.0306. The van der Waals surface area contributed by atoms with Crippen LogP contribution >= 0.6 is 11.6 Å². The summed E-state index contributed by atoms with van der Waals surface area (Å²) < 4.78 is 5.16. The van der Waals surface area contributed by atoms with E-state index in [9.17, 15) is 4.79 Å². The van der Waals surface area contributed by atoms with Crippen molar-refractivity contribution in [2.24, 2.45) is 0 Å². The topological polar surface area (TPSA) is 68.0 Å². The highest BCUT2D eigenvalue weighted by Gasteiger charge is 2.14. The van der Waals surface area contributed by atoms with Crippen LogP contribution in [-0.4, -0.2) is 16.0 Å². The van der Waals surface area contributed by atoms with Gasteiger partial charge in [-0.05, 0) is 24.3 Å². The van der Waals surface area contributed by atoms with E-state index >= 15 is 0 Å². The number of hydrogen-bond donors (Lipinski definition) is 1. The van der Waals surface area contributed by atoms with E-state index < -0.39 is 0 Å². The molecule has 0 aliphatic carbocycles. The summed E-state index contributed by atoms with van der Waals surface area (Å²) in [5.74, 6) is 0.397. The van der Waals surface area contributed by atoms with Gasteiger partial charge in [-0.25, -0.2) is 0 Å². The fourth-order valence-corrected chi connectivity index (χ4v) is 2.16. The standard InChI is InChI=1S/C16H12ClN3O2/c17-13-9-5-4-8-12(13)16-19-14(20-22-16)10-15(21)18-11-6-2-1-3-7-11/h1-9H,10H2,(H,18,21). The predicted molar refractivity (Wildman–Crippen MR) is 83.5 cm³/mol. The maximum absolute atomic E-state index is 11.9. The molecule has 3 aromatic rings. The molecule has 6 heteroatoms. The molecule has 0 atom stereocenters. The Labute approximate surface area is 131 Å². The fraction of sp³-hybridized carbons (Fsp3) is 0.0625. The number of nitrogens with zero attached hydrogens (tertiary/aromatic N) is 2. The Morgan fingerprint density at radius 3 is 2.59 bits per heavy atom. The average molecular weight is 314 g/mol. The second kappa shape index (κ2) is 6.41. The van der Waals surface area contributed by atoms with Gasteiger partial charge in [-0.15, -0.1) is 0 Å². The number of anilines is 1. The van der Waals surface area contributed by atoms with Gasteiger partial charge >= 0.3 is 0 Å². The molecule has 0 saturated heterocycles. The van der Waals surface area contributed by atoms with Crippen molar-refractivity contribution in [3.05, 3.63) is 65.4 Å². The minimum absolute atomic E-state index is 0.0306. The summed E-state index contributed by atoms with van der Waals surface area (Å²) in [6, 6.07) is 16.4. The number of carbonyl (C=O) groups is 1. The van der Waals surface area contributed by atoms with Crippen molar-refractivity contribution in [1.29, 1.82) is 0 Å². The summed E-state index contributed by atoms with van der Waals surface area (Å²) in [4.78, 5) is 16.1. The van der Waals surface area contributed by atoms with Crippen molar-refractivity contribution in [2.75, 3.05) is 5.32 Å². The van der Waals surface area contributed by atoms with Crippen molar-refractivity contribution >= 4 is 23.2 Å². The van der Waals surface area contributed by atoms with Crippen molar-refractivity contribution in [2.45, 2.75) is 6.42 Å². The lowest BCUT2D eigenvalue weighted by Gasteiger charge is -2.02. The number of nitrogens with one attached hydrogen (secondary N) is 1. The van der Waals surface area contributed by atoms with Gasteiger partial charge in [0, 0.05) is 5.69 Å². The molecule has 110 valence electrons. The van der Waals surface area contributed by atoms with Crippen molar-refractivity contribution in [3.63, 3.8) is 0 Å². The Hall–Kier alpha value is -2.66. The lowest BCUT2D eigenvalue weighted by Crippen LogP contribution is -2.15. The zero-order valence-corrected chi connectivity index (χ0v) is 12.2. The molecular formula is C16H12ClN3O2. The van der Waals surface area contributed by atoms with Crippen LogP contribution in [0.2, 0.25) is 5.02 Å². The molecule has 5 nitrogen and oxygen atoms in total. The molecule has 0 aliphatic heterocycles. The second-order valence-electron chi connectivity index (χ2n) is 4.59. The first-order chi connectivity index (χ1) is 10.7. The molecule has 3 rings (SSSR count). The first-order valence-corrected chi connectivity index (χ1v) is 7.02. The van der Waals surface area contributed by atoms with Gasteiger partial charge in [-0.2, -0.15) is 4.98 Å². The maximum atomic E-state index is 11.9. The molecule has 1 aromatic heterocycles. The smallest absolute Gasteiger partial charge is 0.259 e. The number of rotatable bonds is 4. The first-order valence-electron chi connectivity index (χ1n) is 6.65. The van der Waals surface area contributed by atoms with Crippen LogP contribution < -0.4 is 5.32 Å². The molecule has 1 N–H and O–H groups in total. The highest BCUT2D eigenvalue weighted by Crippen LogP contribution is 2.25. The van der Waals surface area contributed by atoms with Crippen LogP contribution in [0.4, 0.5) is 5.69 Å². The first kappa shape index (κ1) is 14.3. The molecular weight excluding hydrogens is 302 g/mol. The van der Waals surface area contributed by atoms with Gasteiger partial charge in [0.15, 0.2) is 5.82 Å². The van der Waals surface area contributed by atoms with Gasteiger partial charge in [0.25, 0.3) is 5.89 Å². The van der Waals surface area contributed by atoms with E-state index in [0.717, 1.165) is 5.69 Å². The molecule has 0 fully saturated rings. The summed E-state index contributed by atoms with van der Waals surface area (Å²) in [5, 5.41) is 7.09. The Morgan fingerprint density at radius 1 is 1.09 bits per heavy atom. The third kappa shape index (κ3) is 3.32. The van der Waals surface area contributed by atoms with E-state index in [-0.39, 0.29) is 12.3 Å². The Bertz CT molecular complexity index is 787. The highest BCUT2D eigenvalue weighted by molar-refractivity contribution is 6.33. The molecule has 0 radical (unpaired) electrons. The summed E-state index contributed by atoms with van der Waals surface area (Å²) in [6.45, 7) is 0. The number of carbonyl (C=O) groups excluding carboxylic acids is 1. The summed E-state index contributed by atoms with van der Waals surface area (Å²) in [7, 11) is 0. The van der Waals surface area contributed by atoms with E-state index in [2.05, 4.69) is 15.5 Å². The van der Waals surface area contributed by atoms with E-state index in [1.165, 1.54) is 0 Å². The van der Waals surface area contributed by atoms with Gasteiger partial charge < -0.3 is 9.84 Å². The Balaban J connectivity index is 1.70. The quantitative estimate of drug-likeness (QED) is 0.799. The minimum Gasteiger partial charge on any atom is -0.334 e. The van der Waals surface area contributed by atoms with Gasteiger partial charge in [-0.3, -0.25) is 4.79 Å². The summed E-state index contributed by atoms with van der Waals surface area (Å²) >= 11 is 6.07. The molecule has 22 heavy (non-hydrogen) atoms. The largest absolute Gasteiger partial charge is 0.334 e. The Morgan fingerprint density at radius 2 is 1.82 bits per heavy atom. The molecule has 1 heterocycles. The molecule has 2 aromatic carbocycles. The van der Waals surface area contributed by atoms with Gasteiger partial charge in [0.1, 0.15) is 0 Å². The van der Waals surface area contributed by atoms with E-state index in [4.69, 9.17) is 16.1 Å². The molecule has 0 bridgehead atoms. The lowest BCUT2D eigenvalue weighted by atomic mass is 10.2. The second-order valence-corrected chi connectivity index (χ2v) is 4.99. The van der Waals surface area contributed by atoms with Crippen LogP contribution in [0.25, 0.3) is 11.5 Å². The van der Waals surface area contributed by atoms with E-state index in [1.54, 1.807) is 12.1 Å². The van der Waals surface area contributed by atoms with Crippen LogP contribution in [0.15, 0.2) is 59.1 Å². The zero-order chi connectivity index (χ0) is 15.4. The molecule has 0 aliphatic rings. The molecule has 0 spiro atoms. The van der Waals surface area contributed by atoms with E-state index in [0.29, 0.717) is 22.3 Å². The molecule has 0 unspecified atom stereocenters. The SMILES string of the molecule is O=C(Cc1noc(-c2ccccc2Cl)n1)Nc1ccccc1. The predicted octanol–water partition coefficient (Wildman–Crippen LogP) is 3.57. The van der Waals surface area contributed by atoms with Crippen LogP contribution in [0, 0.1) is 0 Å². The van der Waals surface area contributed by atoms with Crippen LogP contribution in [0.3, 0.4) is 0 Å². The number of halogens is 1. The minimum atomic E-state index is -0.210. The highest BCUT2D eigenvalue weighted by atomic mass is 35.5. The Kier molecular flexibility index (Phi) is 4.16. The number of benzene rings is 2. The number of aromatic nitrogens is 2. The van der Waals surface area contributed by atoms with Crippen LogP contribution in [0.1, 0.15) is 5.82 Å². The third-order valence-electron chi connectivity index (χ3n) is 2.95. The fourth-order valence-electron chi connectivity index (χ4n) is 1.94. The van der Waals surface area contributed by atoms with Gasteiger partial charge in [-0.1, -0.05) is 47.1 Å². The average Bonchev–Trinajstić information content (AvgIpc) is 2.97. The summed E-state index contributed by atoms with van der Waals surface area (Å²) in [5.41, 5.74) is 1.37. The molecule has 1 amide bonds. The van der Waals surface area contributed by atoms with Gasteiger partial charge in [0.2, 0.25) is 5.91 Å². The van der Waals surface area contributed by atoms with Gasteiger partial charge in [0.05, 0.1) is 17.0 Å². The van der Waals surface area contributed by atoms with Crippen LogP contribution in [0.5, 0.6) is 0 Å². The zero-order valence-electron chi connectivity index (χ0n) is 11.5. The van der Waals surface area contributed by atoms with Crippen molar-refractivity contribution in [3.8, 4) is 11.5 Å². The third-order valence-corrected chi connectivity index (χ3v) is 3.28. The molecule has 0 saturated carbocycles. The lowest BCUT2D eigenvalue weighted by molar-refractivity contribution is -0.115. The number of hydrogen-bond acceptors (Lipinski definition) is 4. The number of para-hydroxylation sites is 1. The monoisotopic (exact) mass is 313 g/mol. The van der Waals surface area contributed by atoms with E-state index in [1.807, 2.05) is 42.5 Å². The number of amides is 1. The maximum Gasteiger partial charge on any atom is 0.259 e.